The van der Waals surface area contributed by atoms with Crippen LogP contribution in [-0.2, 0) is 10.2 Å². The second-order valence-electron chi connectivity index (χ2n) is 11.1. The third kappa shape index (κ3) is 3.75. The highest BCUT2D eigenvalue weighted by Gasteiger charge is 2.70. The molecule has 0 aliphatic carbocycles. The van der Waals surface area contributed by atoms with E-state index in [1.54, 1.807) is 30.3 Å². The second-order valence-corrected chi connectivity index (χ2v) is 11.1. The number of ether oxygens (including phenoxy) is 1. The van der Waals surface area contributed by atoms with Gasteiger partial charge in [-0.3, -0.25) is 14.4 Å². The highest BCUT2D eigenvalue weighted by Crippen LogP contribution is 2.62. The fraction of sp³-hybridized carbons (Fsp3) is 0.194. The van der Waals surface area contributed by atoms with Crippen LogP contribution in [-0.4, -0.2) is 35.0 Å². The van der Waals surface area contributed by atoms with Crippen LogP contribution in [0.15, 0.2) is 109 Å². The Morgan fingerprint density at radius 3 is 2.43 bits per heavy atom. The van der Waals surface area contributed by atoms with Crippen LogP contribution >= 0.6 is 0 Å². The van der Waals surface area contributed by atoms with Crippen molar-refractivity contribution >= 4 is 29.2 Å². The lowest BCUT2D eigenvalue weighted by atomic mass is 9.62. The van der Waals surface area contributed by atoms with Crippen LogP contribution in [0.25, 0.3) is 6.08 Å². The van der Waals surface area contributed by atoms with Gasteiger partial charge in [0.25, 0.3) is 0 Å². The van der Waals surface area contributed by atoms with Crippen LogP contribution < -0.4 is 10.1 Å². The molecule has 1 saturated heterocycles. The molecular formula is C36H30N2O4. The number of hydrogen-bond acceptors (Lipinski definition) is 5. The first kappa shape index (κ1) is 26.0. The Morgan fingerprint density at radius 2 is 1.60 bits per heavy atom. The smallest absolute Gasteiger partial charge is 0.238 e. The number of carbonyl (C=O) groups is 3. The van der Waals surface area contributed by atoms with Crippen molar-refractivity contribution in [2.45, 2.75) is 30.8 Å². The third-order valence-corrected chi connectivity index (χ3v) is 8.77. The van der Waals surface area contributed by atoms with Crippen LogP contribution in [0.3, 0.4) is 0 Å². The number of amides is 1. The van der Waals surface area contributed by atoms with Gasteiger partial charge in [-0.05, 0) is 47.4 Å². The van der Waals surface area contributed by atoms with E-state index in [0.717, 1.165) is 23.1 Å². The number of anilines is 1. The average Bonchev–Trinajstić information content (AvgIpc) is 3.52. The van der Waals surface area contributed by atoms with Gasteiger partial charge < -0.3 is 15.0 Å². The van der Waals surface area contributed by atoms with Crippen molar-refractivity contribution in [1.29, 1.82) is 0 Å². The number of fused-ring (bicyclic) bond motifs is 6. The molecule has 3 aliphatic heterocycles. The predicted molar refractivity (Wildman–Crippen MR) is 161 cm³/mol. The monoisotopic (exact) mass is 554 g/mol. The van der Waals surface area contributed by atoms with Gasteiger partial charge in [0.2, 0.25) is 5.91 Å². The summed E-state index contributed by atoms with van der Waals surface area (Å²) in [5.74, 6) is -1.17. The molecule has 3 aliphatic rings. The highest BCUT2D eigenvalue weighted by atomic mass is 16.5. The minimum atomic E-state index is -1.36. The molecule has 4 atom stereocenters. The topological polar surface area (TPSA) is 75.7 Å². The summed E-state index contributed by atoms with van der Waals surface area (Å²) in [6.45, 7) is 2.54. The van der Waals surface area contributed by atoms with Crippen LogP contribution in [0.5, 0.6) is 5.75 Å². The van der Waals surface area contributed by atoms with Crippen molar-refractivity contribution in [1.82, 2.24) is 4.90 Å². The van der Waals surface area contributed by atoms with Gasteiger partial charge in [-0.25, -0.2) is 0 Å². The van der Waals surface area contributed by atoms with Crippen molar-refractivity contribution in [3.63, 3.8) is 0 Å². The molecule has 1 fully saturated rings. The molecule has 0 aromatic heterocycles. The summed E-state index contributed by atoms with van der Waals surface area (Å²) >= 11 is 0. The van der Waals surface area contributed by atoms with Crippen LogP contribution in [0, 0.1) is 5.92 Å². The summed E-state index contributed by atoms with van der Waals surface area (Å²) in [6.07, 6.45) is 4.69. The molecule has 4 aromatic carbocycles. The van der Waals surface area contributed by atoms with Crippen molar-refractivity contribution < 1.29 is 19.1 Å². The zero-order valence-corrected chi connectivity index (χ0v) is 23.2. The van der Waals surface area contributed by atoms with E-state index < -0.39 is 23.4 Å². The van der Waals surface area contributed by atoms with Crippen molar-refractivity contribution in [2.24, 2.45) is 5.92 Å². The molecule has 0 bridgehead atoms. The van der Waals surface area contributed by atoms with Crippen LogP contribution in [0.1, 0.15) is 56.8 Å². The van der Waals surface area contributed by atoms with Gasteiger partial charge >= 0.3 is 0 Å². The normalized spacial score (nSPS) is 23.2. The maximum absolute atomic E-state index is 15.0. The van der Waals surface area contributed by atoms with Gasteiger partial charge in [0.05, 0.1) is 18.6 Å². The molecule has 0 unspecified atom stereocenters. The molecule has 3 heterocycles. The standard InChI is InChI=1S/C36H30N2O4/c1-2-21-42-26-15-10-14-25(22-26)32(39)30-31(33(40)24-12-4-3-5-13-24)38-20-19-23-11-6-7-16-27(23)34(38)36(30)28-17-8-9-18-29(28)37-35(36)41/h3-20,22,30-31,34H,2,21H2,1H3,(H,37,41)/t30-,31-,34-,36-/m1/s1. The zero-order chi connectivity index (χ0) is 28.8. The van der Waals surface area contributed by atoms with Crippen LogP contribution in [0.4, 0.5) is 5.69 Å². The van der Waals surface area contributed by atoms with Gasteiger partial charge in [-0.1, -0.05) is 91.9 Å². The van der Waals surface area contributed by atoms with Gasteiger partial charge in [0, 0.05) is 23.0 Å². The number of ketones is 2. The molecule has 7 rings (SSSR count). The summed E-state index contributed by atoms with van der Waals surface area (Å²) in [5, 5.41) is 3.09. The maximum atomic E-state index is 15.0. The Labute approximate surface area is 244 Å². The molecule has 0 radical (unpaired) electrons. The number of para-hydroxylation sites is 1. The number of Topliss-reactive ketones (excluding diaryl/α,β-unsaturated/α-hetero) is 2. The lowest BCUT2D eigenvalue weighted by Crippen LogP contribution is -2.49. The molecule has 4 aromatic rings. The largest absolute Gasteiger partial charge is 0.494 e. The van der Waals surface area contributed by atoms with E-state index in [9.17, 15) is 14.4 Å². The first-order valence-electron chi connectivity index (χ1n) is 14.4. The van der Waals surface area contributed by atoms with E-state index in [-0.39, 0.29) is 17.5 Å². The molecule has 6 heteroatoms. The van der Waals surface area contributed by atoms with Crippen molar-refractivity contribution in [3.05, 3.63) is 137 Å². The minimum Gasteiger partial charge on any atom is -0.494 e. The molecule has 208 valence electrons. The fourth-order valence-electron chi connectivity index (χ4n) is 7.08. The molecule has 1 amide bonds. The average molecular weight is 555 g/mol. The predicted octanol–water partition coefficient (Wildman–Crippen LogP) is 6.46. The quantitative estimate of drug-likeness (QED) is 0.266. The SMILES string of the molecule is CCCOc1cccc(C(=O)[C@H]2[C@H](C(=O)c3ccccc3)N3C=Cc4ccccc4[C@@H]3[C@]23C(=O)Nc2ccccc23)c1. The summed E-state index contributed by atoms with van der Waals surface area (Å²) in [5.41, 5.74) is 2.82. The van der Waals surface area contributed by atoms with E-state index >= 15 is 0 Å². The molecule has 6 nitrogen and oxygen atoms in total. The minimum absolute atomic E-state index is 0.199. The number of nitrogens with one attached hydrogen (secondary N) is 1. The summed E-state index contributed by atoms with van der Waals surface area (Å²) in [6, 6.07) is 30.1. The van der Waals surface area contributed by atoms with E-state index in [2.05, 4.69) is 5.32 Å². The number of benzene rings is 4. The van der Waals surface area contributed by atoms with Crippen LogP contribution in [0.2, 0.25) is 0 Å². The van der Waals surface area contributed by atoms with Crippen molar-refractivity contribution in [2.75, 3.05) is 11.9 Å². The lowest BCUT2D eigenvalue weighted by molar-refractivity contribution is -0.122. The Kier molecular flexibility index (Phi) is 6.27. The first-order chi connectivity index (χ1) is 20.6. The lowest BCUT2D eigenvalue weighted by Gasteiger charge is -2.38. The molecular weight excluding hydrogens is 524 g/mol. The summed E-state index contributed by atoms with van der Waals surface area (Å²) in [7, 11) is 0. The Hall–Kier alpha value is -4.97. The third-order valence-electron chi connectivity index (χ3n) is 8.77. The van der Waals surface area contributed by atoms with Gasteiger partial charge in [0.15, 0.2) is 11.6 Å². The second kappa shape index (κ2) is 10.1. The van der Waals surface area contributed by atoms with Gasteiger partial charge in [0.1, 0.15) is 17.2 Å². The summed E-state index contributed by atoms with van der Waals surface area (Å²) < 4.78 is 5.87. The fourth-order valence-corrected chi connectivity index (χ4v) is 7.08. The van der Waals surface area contributed by atoms with E-state index in [0.29, 0.717) is 29.2 Å². The number of hydrogen-bond donors (Lipinski definition) is 1. The van der Waals surface area contributed by atoms with E-state index in [1.165, 1.54) is 0 Å². The Balaban J connectivity index is 1.50. The zero-order valence-electron chi connectivity index (χ0n) is 23.2. The highest BCUT2D eigenvalue weighted by molar-refractivity contribution is 6.16. The number of rotatable bonds is 7. The molecule has 1 spiro atoms. The van der Waals surface area contributed by atoms with Crippen molar-refractivity contribution in [3.8, 4) is 5.75 Å². The van der Waals surface area contributed by atoms with E-state index in [4.69, 9.17) is 4.74 Å². The number of nitrogens with zero attached hydrogens (tertiary/aromatic N) is 1. The molecule has 42 heavy (non-hydrogen) atoms. The molecule has 0 saturated carbocycles. The van der Waals surface area contributed by atoms with Gasteiger partial charge in [-0.2, -0.15) is 0 Å². The van der Waals surface area contributed by atoms with Gasteiger partial charge in [-0.15, -0.1) is 0 Å². The maximum Gasteiger partial charge on any atom is 0.238 e. The first-order valence-corrected chi connectivity index (χ1v) is 14.4. The summed E-state index contributed by atoms with van der Waals surface area (Å²) in [4.78, 5) is 46.0. The Morgan fingerprint density at radius 1 is 0.857 bits per heavy atom. The Bertz CT molecular complexity index is 1750. The molecule has 1 N–H and O–H groups in total. The van der Waals surface area contributed by atoms with E-state index in [1.807, 2.05) is 96.9 Å². The number of carbonyl (C=O) groups excluding carboxylic acids is 3.